The predicted octanol–water partition coefficient (Wildman–Crippen LogP) is 2.13. The van der Waals surface area contributed by atoms with Crippen molar-refractivity contribution in [3.63, 3.8) is 0 Å². The number of rotatable bonds is 2. The van der Waals surface area contributed by atoms with E-state index in [4.69, 9.17) is 5.26 Å². The second-order valence-electron chi connectivity index (χ2n) is 4.16. The zero-order valence-corrected chi connectivity index (χ0v) is 9.31. The van der Waals surface area contributed by atoms with Gasteiger partial charge in [0.25, 0.3) is 0 Å². The molecule has 0 aromatic heterocycles. The van der Waals surface area contributed by atoms with Gasteiger partial charge in [0.2, 0.25) is 5.91 Å². The van der Waals surface area contributed by atoms with Gasteiger partial charge in [-0.2, -0.15) is 5.26 Å². The molecule has 0 fully saturated rings. The van der Waals surface area contributed by atoms with Gasteiger partial charge in [-0.15, -0.1) is 0 Å². The lowest BCUT2D eigenvalue weighted by Crippen LogP contribution is -2.37. The minimum absolute atomic E-state index is 0.126. The van der Waals surface area contributed by atoms with E-state index in [2.05, 4.69) is 6.07 Å². The molecule has 1 atom stereocenters. The summed E-state index contributed by atoms with van der Waals surface area (Å²) in [6, 6.07) is 10.1. The molecule has 0 bridgehead atoms. The maximum absolute atomic E-state index is 11.8. The predicted molar refractivity (Wildman–Crippen MR) is 61.9 cm³/mol. The molecule has 0 saturated heterocycles. The SMILES string of the molecule is C[C@H](C#N)CN1C(=O)CCc2ccccc21. The standard InChI is InChI=1S/C13H14N2O/c1-10(8-14)9-15-12-5-3-2-4-11(12)6-7-13(15)16/h2-5,10H,6-7,9H2,1H3/t10-/m1/s1. The summed E-state index contributed by atoms with van der Waals surface area (Å²) in [5.74, 6) is -0.00379. The Morgan fingerprint density at radius 3 is 2.94 bits per heavy atom. The van der Waals surface area contributed by atoms with Crippen molar-refractivity contribution in [2.24, 2.45) is 5.92 Å². The van der Waals surface area contributed by atoms with Gasteiger partial charge >= 0.3 is 0 Å². The van der Waals surface area contributed by atoms with E-state index in [9.17, 15) is 4.79 Å². The fourth-order valence-corrected chi connectivity index (χ4v) is 2.01. The maximum atomic E-state index is 11.8. The van der Waals surface area contributed by atoms with Crippen molar-refractivity contribution in [3.05, 3.63) is 29.8 Å². The minimum atomic E-state index is -0.130. The second kappa shape index (κ2) is 4.36. The third-order valence-corrected chi connectivity index (χ3v) is 2.87. The van der Waals surface area contributed by atoms with Gasteiger partial charge in [-0.05, 0) is 25.0 Å². The van der Waals surface area contributed by atoms with E-state index in [1.165, 1.54) is 5.56 Å². The number of anilines is 1. The molecule has 0 spiro atoms. The topological polar surface area (TPSA) is 44.1 Å². The van der Waals surface area contributed by atoms with E-state index in [0.29, 0.717) is 13.0 Å². The Balaban J connectivity index is 2.30. The van der Waals surface area contributed by atoms with Crippen molar-refractivity contribution < 1.29 is 4.79 Å². The molecule has 1 amide bonds. The lowest BCUT2D eigenvalue weighted by molar-refractivity contribution is -0.119. The number of fused-ring (bicyclic) bond motifs is 1. The lowest BCUT2D eigenvalue weighted by atomic mass is 10.00. The Hall–Kier alpha value is -1.82. The fourth-order valence-electron chi connectivity index (χ4n) is 2.01. The highest BCUT2D eigenvalue weighted by Crippen LogP contribution is 2.27. The van der Waals surface area contributed by atoms with Crippen LogP contribution in [0, 0.1) is 17.2 Å². The van der Waals surface area contributed by atoms with Crippen LogP contribution in [0.15, 0.2) is 24.3 Å². The van der Waals surface area contributed by atoms with Crippen molar-refractivity contribution in [1.82, 2.24) is 0 Å². The first-order chi connectivity index (χ1) is 7.72. The van der Waals surface area contributed by atoms with E-state index in [0.717, 1.165) is 12.1 Å². The van der Waals surface area contributed by atoms with Crippen LogP contribution in [-0.4, -0.2) is 12.5 Å². The van der Waals surface area contributed by atoms with Gasteiger partial charge in [0.05, 0.1) is 12.0 Å². The largest absolute Gasteiger partial charge is 0.311 e. The molecule has 16 heavy (non-hydrogen) atoms. The highest BCUT2D eigenvalue weighted by molar-refractivity contribution is 5.96. The molecular weight excluding hydrogens is 200 g/mol. The summed E-state index contributed by atoms with van der Waals surface area (Å²) in [5.41, 5.74) is 2.17. The third kappa shape index (κ3) is 1.92. The van der Waals surface area contributed by atoms with E-state index in [1.807, 2.05) is 31.2 Å². The van der Waals surface area contributed by atoms with Crippen LogP contribution in [0.25, 0.3) is 0 Å². The molecule has 0 saturated carbocycles. The lowest BCUT2D eigenvalue weighted by Gasteiger charge is -2.30. The summed E-state index contributed by atoms with van der Waals surface area (Å²) in [6.07, 6.45) is 1.36. The van der Waals surface area contributed by atoms with E-state index in [1.54, 1.807) is 4.90 Å². The Kier molecular flexibility index (Phi) is 2.91. The zero-order chi connectivity index (χ0) is 11.5. The number of nitrogens with zero attached hydrogens (tertiary/aromatic N) is 2. The first-order valence-electron chi connectivity index (χ1n) is 5.50. The quantitative estimate of drug-likeness (QED) is 0.757. The number of nitriles is 1. The molecule has 82 valence electrons. The highest BCUT2D eigenvalue weighted by atomic mass is 16.2. The molecular formula is C13H14N2O. The molecule has 1 aliphatic rings. The molecule has 1 aromatic rings. The van der Waals surface area contributed by atoms with Crippen molar-refractivity contribution in [3.8, 4) is 6.07 Å². The number of aryl methyl sites for hydroxylation is 1. The van der Waals surface area contributed by atoms with Gasteiger partial charge in [-0.3, -0.25) is 4.79 Å². The Morgan fingerprint density at radius 1 is 1.44 bits per heavy atom. The summed E-state index contributed by atoms with van der Waals surface area (Å²) in [4.78, 5) is 13.6. The molecule has 3 heteroatoms. The third-order valence-electron chi connectivity index (χ3n) is 2.87. The molecule has 1 aliphatic heterocycles. The van der Waals surface area contributed by atoms with Crippen molar-refractivity contribution in [2.45, 2.75) is 19.8 Å². The number of benzene rings is 1. The summed E-state index contributed by atoms with van der Waals surface area (Å²) < 4.78 is 0. The van der Waals surface area contributed by atoms with Gasteiger partial charge in [0, 0.05) is 18.7 Å². The normalized spacial score (nSPS) is 16.5. The van der Waals surface area contributed by atoms with Gasteiger partial charge < -0.3 is 4.90 Å². The van der Waals surface area contributed by atoms with Gasteiger partial charge in [-0.25, -0.2) is 0 Å². The van der Waals surface area contributed by atoms with E-state index >= 15 is 0 Å². The van der Waals surface area contributed by atoms with Crippen LogP contribution in [0.4, 0.5) is 5.69 Å². The number of hydrogen-bond acceptors (Lipinski definition) is 2. The van der Waals surface area contributed by atoms with Crippen LogP contribution in [0.1, 0.15) is 18.9 Å². The molecule has 2 rings (SSSR count). The van der Waals surface area contributed by atoms with Crippen LogP contribution < -0.4 is 4.90 Å². The van der Waals surface area contributed by atoms with Crippen LogP contribution in [0.3, 0.4) is 0 Å². The smallest absolute Gasteiger partial charge is 0.227 e. The Labute approximate surface area is 95.3 Å². The fraction of sp³-hybridized carbons (Fsp3) is 0.385. The summed E-state index contributed by atoms with van der Waals surface area (Å²) in [5, 5.41) is 8.81. The average molecular weight is 214 g/mol. The van der Waals surface area contributed by atoms with Crippen molar-refractivity contribution in [2.75, 3.05) is 11.4 Å². The van der Waals surface area contributed by atoms with Gasteiger partial charge in [0.1, 0.15) is 0 Å². The van der Waals surface area contributed by atoms with Gasteiger partial charge in [0.15, 0.2) is 0 Å². The second-order valence-corrected chi connectivity index (χ2v) is 4.16. The number of para-hydroxylation sites is 1. The molecule has 0 unspecified atom stereocenters. The average Bonchev–Trinajstić information content (AvgIpc) is 2.32. The summed E-state index contributed by atoms with van der Waals surface area (Å²) in [7, 11) is 0. The molecule has 1 heterocycles. The molecule has 0 radical (unpaired) electrons. The number of amides is 1. The van der Waals surface area contributed by atoms with Crippen LogP contribution in [0.5, 0.6) is 0 Å². The number of hydrogen-bond donors (Lipinski definition) is 0. The number of carbonyl (C=O) groups excluding carboxylic acids is 1. The Bertz CT molecular complexity index is 447. The molecule has 0 N–H and O–H groups in total. The van der Waals surface area contributed by atoms with Crippen LogP contribution in [0.2, 0.25) is 0 Å². The first kappa shape index (κ1) is 10.7. The zero-order valence-electron chi connectivity index (χ0n) is 9.31. The summed E-state index contributed by atoms with van der Waals surface area (Å²) in [6.45, 7) is 2.33. The first-order valence-corrected chi connectivity index (χ1v) is 5.50. The van der Waals surface area contributed by atoms with E-state index in [-0.39, 0.29) is 11.8 Å². The molecule has 0 aliphatic carbocycles. The Morgan fingerprint density at radius 2 is 2.19 bits per heavy atom. The molecule has 3 nitrogen and oxygen atoms in total. The maximum Gasteiger partial charge on any atom is 0.227 e. The van der Waals surface area contributed by atoms with Crippen LogP contribution >= 0.6 is 0 Å². The highest BCUT2D eigenvalue weighted by Gasteiger charge is 2.24. The van der Waals surface area contributed by atoms with Crippen molar-refractivity contribution >= 4 is 11.6 Å². The number of carbonyl (C=O) groups is 1. The molecule has 1 aromatic carbocycles. The van der Waals surface area contributed by atoms with Crippen LogP contribution in [-0.2, 0) is 11.2 Å². The monoisotopic (exact) mass is 214 g/mol. The van der Waals surface area contributed by atoms with E-state index < -0.39 is 0 Å². The summed E-state index contributed by atoms with van der Waals surface area (Å²) >= 11 is 0. The van der Waals surface area contributed by atoms with Gasteiger partial charge in [-0.1, -0.05) is 18.2 Å². The minimum Gasteiger partial charge on any atom is -0.311 e. The van der Waals surface area contributed by atoms with Crippen molar-refractivity contribution in [1.29, 1.82) is 5.26 Å².